The molecule has 11 heteroatoms. The molecule has 0 atom stereocenters. The molecule has 0 aliphatic heterocycles. The van der Waals surface area contributed by atoms with Crippen LogP contribution in [0, 0.1) is 11.3 Å². The molecule has 3 heterocycles. The first-order valence-corrected chi connectivity index (χ1v) is 9.92. The largest absolute Gasteiger partial charge is 0.417 e. The molecule has 0 N–H and O–H groups in total. The number of hydrogen-bond donors (Lipinski definition) is 0. The van der Waals surface area contributed by atoms with Crippen molar-refractivity contribution in [3.8, 4) is 28.8 Å². The summed E-state index contributed by atoms with van der Waals surface area (Å²) < 4.78 is 65.6. The Bertz CT molecular complexity index is 1210. The number of imidazole rings is 1. The predicted octanol–water partition coefficient (Wildman–Crippen LogP) is 3.23. The van der Waals surface area contributed by atoms with E-state index in [0.717, 1.165) is 0 Å². The summed E-state index contributed by atoms with van der Waals surface area (Å²) in [4.78, 5) is 11.4. The molecule has 3 aromatic heterocycles. The molecular formula is C18H14F3N5O2S. The number of rotatable bonds is 4. The van der Waals surface area contributed by atoms with E-state index in [2.05, 4.69) is 15.0 Å². The summed E-state index contributed by atoms with van der Waals surface area (Å²) in [7, 11) is -2.42. The van der Waals surface area contributed by atoms with Crippen molar-refractivity contribution in [2.75, 3.05) is 5.75 Å². The van der Waals surface area contributed by atoms with Crippen LogP contribution in [0.25, 0.3) is 22.8 Å². The third-order valence-corrected chi connectivity index (χ3v) is 6.01. The minimum Gasteiger partial charge on any atom is -0.326 e. The van der Waals surface area contributed by atoms with Crippen molar-refractivity contribution in [2.24, 2.45) is 7.05 Å². The third kappa shape index (κ3) is 3.84. The number of aromatic nitrogens is 4. The van der Waals surface area contributed by atoms with Gasteiger partial charge >= 0.3 is 6.18 Å². The third-order valence-electron chi connectivity index (χ3n) is 4.27. The molecule has 29 heavy (non-hydrogen) atoms. The van der Waals surface area contributed by atoms with Crippen LogP contribution in [-0.2, 0) is 23.1 Å². The second kappa shape index (κ2) is 7.29. The standard InChI is InChI=1S/C18H14F3N5O2S/c1-3-29(27,28)15-6-12(18(19,20)21)9-24-16(15)17-25-10-14(26(17)2)11-4-5-13(7-22)23-8-11/h4-6,8-10H,3H2,1-2H3. The number of hydrogen-bond acceptors (Lipinski definition) is 6. The Morgan fingerprint density at radius 3 is 2.41 bits per heavy atom. The number of nitriles is 1. The Labute approximate surface area is 164 Å². The lowest BCUT2D eigenvalue weighted by Crippen LogP contribution is -2.13. The number of pyridine rings is 2. The van der Waals surface area contributed by atoms with E-state index in [-0.39, 0.29) is 23.0 Å². The molecule has 0 amide bonds. The Morgan fingerprint density at radius 1 is 1.14 bits per heavy atom. The predicted molar refractivity (Wildman–Crippen MR) is 97.1 cm³/mol. The fourth-order valence-electron chi connectivity index (χ4n) is 2.67. The average molecular weight is 421 g/mol. The first kappa shape index (κ1) is 20.5. The van der Waals surface area contributed by atoms with Crippen LogP contribution in [0.3, 0.4) is 0 Å². The summed E-state index contributed by atoms with van der Waals surface area (Å²) in [5.41, 5.74) is 0.0154. The smallest absolute Gasteiger partial charge is 0.326 e. The zero-order valence-electron chi connectivity index (χ0n) is 15.3. The molecule has 0 saturated carbocycles. The van der Waals surface area contributed by atoms with Gasteiger partial charge in [-0.15, -0.1) is 0 Å². The first-order valence-electron chi connectivity index (χ1n) is 8.27. The van der Waals surface area contributed by atoms with Crippen molar-refractivity contribution in [1.82, 2.24) is 19.5 Å². The van der Waals surface area contributed by atoms with Crippen LogP contribution in [0.2, 0.25) is 0 Å². The Kier molecular flexibility index (Phi) is 5.15. The maximum absolute atomic E-state index is 13.1. The summed E-state index contributed by atoms with van der Waals surface area (Å²) in [6.45, 7) is 1.34. The van der Waals surface area contributed by atoms with Crippen molar-refractivity contribution < 1.29 is 21.6 Å². The lowest BCUT2D eigenvalue weighted by atomic mass is 10.2. The molecule has 0 aromatic carbocycles. The maximum atomic E-state index is 13.1. The zero-order chi connectivity index (χ0) is 21.4. The molecule has 7 nitrogen and oxygen atoms in total. The van der Waals surface area contributed by atoms with Crippen LogP contribution in [0.5, 0.6) is 0 Å². The van der Waals surface area contributed by atoms with Crippen molar-refractivity contribution >= 4 is 9.84 Å². The summed E-state index contributed by atoms with van der Waals surface area (Å²) in [5.74, 6) is -0.301. The van der Waals surface area contributed by atoms with Crippen LogP contribution < -0.4 is 0 Å². The van der Waals surface area contributed by atoms with Gasteiger partial charge in [0.1, 0.15) is 17.5 Å². The Hall–Kier alpha value is -3.26. The highest BCUT2D eigenvalue weighted by Gasteiger charge is 2.34. The van der Waals surface area contributed by atoms with Crippen LogP contribution in [0.15, 0.2) is 41.7 Å². The fourth-order valence-corrected chi connectivity index (χ4v) is 3.73. The van der Waals surface area contributed by atoms with Gasteiger partial charge in [-0.1, -0.05) is 6.92 Å². The lowest BCUT2D eigenvalue weighted by molar-refractivity contribution is -0.138. The molecule has 0 unspecified atom stereocenters. The highest BCUT2D eigenvalue weighted by Crippen LogP contribution is 2.34. The number of alkyl halides is 3. The van der Waals surface area contributed by atoms with Crippen molar-refractivity contribution in [3.05, 3.63) is 48.0 Å². The van der Waals surface area contributed by atoms with Gasteiger partial charge in [-0.2, -0.15) is 18.4 Å². The van der Waals surface area contributed by atoms with Gasteiger partial charge in [0.2, 0.25) is 0 Å². The van der Waals surface area contributed by atoms with E-state index in [9.17, 15) is 21.6 Å². The van der Waals surface area contributed by atoms with Gasteiger partial charge in [0, 0.05) is 25.0 Å². The van der Waals surface area contributed by atoms with Crippen LogP contribution in [-0.4, -0.2) is 33.7 Å². The second-order valence-corrected chi connectivity index (χ2v) is 8.29. The van der Waals surface area contributed by atoms with E-state index in [1.165, 1.54) is 30.0 Å². The summed E-state index contributed by atoms with van der Waals surface area (Å²) in [6.07, 6.45) is -1.27. The van der Waals surface area contributed by atoms with E-state index in [1.54, 1.807) is 13.1 Å². The minimum atomic E-state index is -4.73. The molecule has 0 spiro atoms. The van der Waals surface area contributed by atoms with Gasteiger partial charge in [0.05, 0.1) is 28.1 Å². The Morgan fingerprint density at radius 2 is 1.86 bits per heavy atom. The molecule has 0 fully saturated rings. The van der Waals surface area contributed by atoms with Gasteiger partial charge in [-0.3, -0.25) is 4.98 Å². The van der Waals surface area contributed by atoms with Crippen LogP contribution in [0.4, 0.5) is 13.2 Å². The normalized spacial score (nSPS) is 12.0. The van der Waals surface area contributed by atoms with Gasteiger partial charge in [-0.25, -0.2) is 18.4 Å². The van der Waals surface area contributed by atoms with E-state index >= 15 is 0 Å². The van der Waals surface area contributed by atoms with Crippen LogP contribution in [0.1, 0.15) is 18.2 Å². The molecular weight excluding hydrogens is 407 g/mol. The van der Waals surface area contributed by atoms with Crippen molar-refractivity contribution in [3.63, 3.8) is 0 Å². The first-order chi connectivity index (χ1) is 13.6. The van der Waals surface area contributed by atoms with Crippen LogP contribution >= 0.6 is 0 Å². The number of halogens is 3. The molecule has 0 bridgehead atoms. The second-order valence-electron chi connectivity index (χ2n) is 6.04. The molecule has 0 saturated heterocycles. The summed E-state index contributed by atoms with van der Waals surface area (Å²) in [5, 5.41) is 8.84. The summed E-state index contributed by atoms with van der Waals surface area (Å²) in [6, 6.07) is 5.62. The lowest BCUT2D eigenvalue weighted by Gasteiger charge is -2.13. The van der Waals surface area contributed by atoms with E-state index in [0.29, 0.717) is 23.5 Å². The SMILES string of the molecule is CCS(=O)(=O)c1cc(C(F)(F)F)cnc1-c1ncc(-c2ccc(C#N)nc2)n1C. The number of nitrogens with zero attached hydrogens (tertiary/aromatic N) is 5. The van der Waals surface area contributed by atoms with Gasteiger partial charge in [-0.05, 0) is 18.2 Å². The topological polar surface area (TPSA) is 102 Å². The van der Waals surface area contributed by atoms with E-state index < -0.39 is 26.5 Å². The average Bonchev–Trinajstić information content (AvgIpc) is 3.08. The quantitative estimate of drug-likeness (QED) is 0.641. The molecule has 3 aromatic rings. The maximum Gasteiger partial charge on any atom is 0.417 e. The Balaban J connectivity index is 2.19. The highest BCUT2D eigenvalue weighted by atomic mass is 32.2. The van der Waals surface area contributed by atoms with E-state index in [4.69, 9.17) is 5.26 Å². The summed E-state index contributed by atoms with van der Waals surface area (Å²) >= 11 is 0. The highest BCUT2D eigenvalue weighted by molar-refractivity contribution is 7.91. The van der Waals surface area contributed by atoms with Crippen molar-refractivity contribution in [2.45, 2.75) is 18.0 Å². The molecule has 0 aliphatic carbocycles. The van der Waals surface area contributed by atoms with Gasteiger partial charge < -0.3 is 4.57 Å². The van der Waals surface area contributed by atoms with E-state index in [1.807, 2.05) is 6.07 Å². The van der Waals surface area contributed by atoms with Crippen molar-refractivity contribution in [1.29, 1.82) is 5.26 Å². The minimum absolute atomic E-state index is 0.0881. The van der Waals surface area contributed by atoms with Gasteiger partial charge in [0.25, 0.3) is 0 Å². The van der Waals surface area contributed by atoms with Gasteiger partial charge in [0.15, 0.2) is 15.7 Å². The number of sulfone groups is 1. The molecule has 0 radical (unpaired) electrons. The fraction of sp³-hybridized carbons (Fsp3) is 0.222. The monoisotopic (exact) mass is 421 g/mol. The zero-order valence-corrected chi connectivity index (χ0v) is 16.1. The molecule has 0 aliphatic rings. The molecule has 3 rings (SSSR count). The molecule has 150 valence electrons.